The van der Waals surface area contributed by atoms with Gasteiger partial charge in [-0.3, -0.25) is 4.98 Å². The van der Waals surface area contributed by atoms with Crippen molar-refractivity contribution in [2.24, 2.45) is 5.92 Å². The van der Waals surface area contributed by atoms with Crippen molar-refractivity contribution < 1.29 is 0 Å². The van der Waals surface area contributed by atoms with Gasteiger partial charge in [0.15, 0.2) is 0 Å². The van der Waals surface area contributed by atoms with Gasteiger partial charge < -0.3 is 4.90 Å². The first-order valence-corrected chi connectivity index (χ1v) is 7.18. The molecule has 0 unspecified atom stereocenters. The summed E-state index contributed by atoms with van der Waals surface area (Å²) < 4.78 is 0. The van der Waals surface area contributed by atoms with Crippen LogP contribution < -0.4 is 0 Å². The van der Waals surface area contributed by atoms with E-state index in [1.165, 1.54) is 38.2 Å². The fraction of sp³-hybridized carbons (Fsp3) is 0.667. The smallest absolute Gasteiger partial charge is 0.118 e. The van der Waals surface area contributed by atoms with Crippen LogP contribution in [0.3, 0.4) is 0 Å². The van der Waals surface area contributed by atoms with Crippen molar-refractivity contribution in [1.82, 2.24) is 14.9 Å². The number of thioether (sulfide) groups is 1. The van der Waals surface area contributed by atoms with E-state index in [-0.39, 0.29) is 0 Å². The number of hydrogen-bond donors (Lipinski definition) is 0. The van der Waals surface area contributed by atoms with Gasteiger partial charge in [0.2, 0.25) is 0 Å². The Morgan fingerprint density at radius 2 is 2.00 bits per heavy atom. The second kappa shape index (κ2) is 4.34. The number of fused-ring (bicyclic) bond motifs is 3. The number of nitrogens with zero attached hydrogens (tertiary/aromatic N) is 3. The van der Waals surface area contributed by atoms with E-state index < -0.39 is 0 Å². The van der Waals surface area contributed by atoms with Gasteiger partial charge in [-0.05, 0) is 38.1 Å². The SMILES string of the molecule is CSc1nccnc1[C@@H]1CN2CCC1CC2. The minimum Gasteiger partial charge on any atom is -0.303 e. The number of hydrogen-bond acceptors (Lipinski definition) is 4. The Morgan fingerprint density at radius 3 is 2.62 bits per heavy atom. The molecule has 1 aromatic rings. The Morgan fingerprint density at radius 1 is 1.25 bits per heavy atom. The molecular formula is C12H17N3S. The molecule has 0 spiro atoms. The second-order valence-corrected chi connectivity index (χ2v) is 5.49. The molecule has 1 aromatic heterocycles. The summed E-state index contributed by atoms with van der Waals surface area (Å²) in [5.41, 5.74) is 1.24. The van der Waals surface area contributed by atoms with Crippen LogP contribution in [0.1, 0.15) is 24.5 Å². The third-order valence-electron chi connectivity index (χ3n) is 3.89. The van der Waals surface area contributed by atoms with Crippen LogP contribution in [0.5, 0.6) is 0 Å². The van der Waals surface area contributed by atoms with Gasteiger partial charge in [0.25, 0.3) is 0 Å². The standard InChI is InChI=1S/C12H17N3S/c1-16-12-11(13-4-5-14-12)10-8-15-6-2-9(10)3-7-15/h4-5,9-10H,2-3,6-8H2,1H3/t10-/m1/s1. The molecular weight excluding hydrogens is 218 g/mol. The molecule has 3 fully saturated rings. The highest BCUT2D eigenvalue weighted by Gasteiger charge is 2.36. The molecule has 0 radical (unpaired) electrons. The summed E-state index contributed by atoms with van der Waals surface area (Å²) >= 11 is 1.72. The molecule has 3 aliphatic heterocycles. The first-order chi connectivity index (χ1) is 7.88. The van der Waals surface area contributed by atoms with E-state index in [2.05, 4.69) is 21.1 Å². The largest absolute Gasteiger partial charge is 0.303 e. The van der Waals surface area contributed by atoms with E-state index in [4.69, 9.17) is 0 Å². The predicted molar refractivity (Wildman–Crippen MR) is 65.7 cm³/mol. The highest BCUT2D eigenvalue weighted by Crippen LogP contribution is 2.40. The molecule has 0 N–H and O–H groups in total. The topological polar surface area (TPSA) is 29.0 Å². The minimum absolute atomic E-state index is 0.624. The molecule has 0 saturated carbocycles. The first kappa shape index (κ1) is 10.5. The zero-order valence-electron chi connectivity index (χ0n) is 9.59. The zero-order valence-corrected chi connectivity index (χ0v) is 10.4. The van der Waals surface area contributed by atoms with Crippen LogP contribution in [0.15, 0.2) is 17.4 Å². The van der Waals surface area contributed by atoms with Gasteiger partial charge in [-0.15, -0.1) is 11.8 Å². The van der Waals surface area contributed by atoms with Crippen molar-refractivity contribution >= 4 is 11.8 Å². The third kappa shape index (κ3) is 1.74. The molecule has 0 aromatic carbocycles. The van der Waals surface area contributed by atoms with Gasteiger partial charge in [-0.1, -0.05) is 0 Å². The maximum absolute atomic E-state index is 4.58. The van der Waals surface area contributed by atoms with E-state index in [0.29, 0.717) is 5.92 Å². The quantitative estimate of drug-likeness (QED) is 0.733. The van der Waals surface area contributed by atoms with Gasteiger partial charge >= 0.3 is 0 Å². The van der Waals surface area contributed by atoms with E-state index in [1.54, 1.807) is 18.0 Å². The third-order valence-corrected chi connectivity index (χ3v) is 4.59. The van der Waals surface area contributed by atoms with Gasteiger partial charge in [-0.2, -0.15) is 0 Å². The molecule has 0 amide bonds. The average molecular weight is 235 g/mol. The lowest BCUT2D eigenvalue weighted by Gasteiger charge is -2.44. The van der Waals surface area contributed by atoms with Gasteiger partial charge in [0.05, 0.1) is 5.69 Å². The van der Waals surface area contributed by atoms with Crippen LogP contribution >= 0.6 is 11.8 Å². The summed E-state index contributed by atoms with van der Waals surface area (Å²) in [4.78, 5) is 11.6. The Kier molecular flexibility index (Phi) is 2.86. The molecule has 16 heavy (non-hydrogen) atoms. The number of rotatable bonds is 2. The molecule has 1 atom stereocenters. The maximum Gasteiger partial charge on any atom is 0.118 e. The minimum atomic E-state index is 0.624. The number of aromatic nitrogens is 2. The molecule has 3 aliphatic rings. The Bertz CT molecular complexity index is 374. The second-order valence-electron chi connectivity index (χ2n) is 4.70. The average Bonchev–Trinajstić information content (AvgIpc) is 2.40. The van der Waals surface area contributed by atoms with Crippen LogP contribution in [-0.2, 0) is 0 Å². The molecule has 3 saturated heterocycles. The molecule has 4 heteroatoms. The van der Waals surface area contributed by atoms with Crippen LogP contribution in [0.4, 0.5) is 0 Å². The highest BCUT2D eigenvalue weighted by atomic mass is 32.2. The van der Waals surface area contributed by atoms with Crippen molar-refractivity contribution in [1.29, 1.82) is 0 Å². The number of piperidine rings is 3. The molecule has 2 bridgehead atoms. The Balaban J connectivity index is 1.91. The fourth-order valence-electron chi connectivity index (χ4n) is 3.02. The van der Waals surface area contributed by atoms with Crippen LogP contribution in [-0.4, -0.2) is 40.8 Å². The maximum atomic E-state index is 4.58. The predicted octanol–water partition coefficient (Wildman–Crippen LogP) is 2.01. The highest BCUT2D eigenvalue weighted by molar-refractivity contribution is 7.98. The first-order valence-electron chi connectivity index (χ1n) is 5.95. The lowest BCUT2D eigenvalue weighted by atomic mass is 9.77. The summed E-state index contributed by atoms with van der Waals surface area (Å²) in [6, 6.07) is 0. The summed E-state index contributed by atoms with van der Waals surface area (Å²) in [6.45, 7) is 3.77. The summed E-state index contributed by atoms with van der Waals surface area (Å²) in [7, 11) is 0. The van der Waals surface area contributed by atoms with Crippen LogP contribution in [0, 0.1) is 5.92 Å². The fourth-order valence-corrected chi connectivity index (χ4v) is 3.60. The van der Waals surface area contributed by atoms with Crippen molar-refractivity contribution in [2.45, 2.75) is 23.8 Å². The normalized spacial score (nSPS) is 32.9. The van der Waals surface area contributed by atoms with Crippen molar-refractivity contribution in [2.75, 3.05) is 25.9 Å². The lowest BCUT2D eigenvalue weighted by Crippen LogP contribution is -2.46. The molecule has 4 heterocycles. The zero-order chi connectivity index (χ0) is 11.0. The van der Waals surface area contributed by atoms with E-state index in [1.807, 2.05) is 6.20 Å². The van der Waals surface area contributed by atoms with Gasteiger partial charge in [0.1, 0.15) is 5.03 Å². The van der Waals surface area contributed by atoms with E-state index in [0.717, 1.165) is 10.9 Å². The van der Waals surface area contributed by atoms with Crippen LogP contribution in [0.2, 0.25) is 0 Å². The summed E-state index contributed by atoms with van der Waals surface area (Å²) in [5.74, 6) is 1.46. The summed E-state index contributed by atoms with van der Waals surface area (Å²) in [6.07, 6.45) is 8.42. The monoisotopic (exact) mass is 235 g/mol. The lowest BCUT2D eigenvalue weighted by molar-refractivity contribution is 0.0840. The molecule has 3 nitrogen and oxygen atoms in total. The Hall–Kier alpha value is -0.610. The van der Waals surface area contributed by atoms with Crippen molar-refractivity contribution in [3.63, 3.8) is 0 Å². The Labute approximate surface area is 101 Å². The van der Waals surface area contributed by atoms with Crippen LogP contribution in [0.25, 0.3) is 0 Å². The van der Waals surface area contributed by atoms with Gasteiger partial charge in [0, 0.05) is 24.9 Å². The van der Waals surface area contributed by atoms with E-state index >= 15 is 0 Å². The van der Waals surface area contributed by atoms with Gasteiger partial charge in [-0.25, -0.2) is 4.98 Å². The molecule has 0 aliphatic carbocycles. The van der Waals surface area contributed by atoms with E-state index in [9.17, 15) is 0 Å². The molecule has 4 rings (SSSR count). The van der Waals surface area contributed by atoms with Crippen molar-refractivity contribution in [3.05, 3.63) is 18.1 Å². The van der Waals surface area contributed by atoms with Crippen molar-refractivity contribution in [3.8, 4) is 0 Å². The molecule has 86 valence electrons. The summed E-state index contributed by atoms with van der Waals surface area (Å²) in [5, 5.41) is 1.13.